The molecule has 1 nitrogen and oxygen atoms in total. The number of rotatable bonds is 0. The highest BCUT2D eigenvalue weighted by Crippen LogP contribution is 2.56. The summed E-state index contributed by atoms with van der Waals surface area (Å²) in [7, 11) is 0. The fraction of sp³-hybridized carbons (Fsp3) is 0.875. The SMILES string of the molecule is CC1CC(=S)NC2C1C2C(F)(F)F. The van der Waals surface area contributed by atoms with Crippen molar-refractivity contribution < 1.29 is 13.2 Å². The number of hydrogen-bond donors (Lipinski definition) is 1. The maximum Gasteiger partial charge on any atom is 0.394 e. The molecular formula is C8H10F3NS. The monoisotopic (exact) mass is 209 g/mol. The molecule has 74 valence electrons. The van der Waals surface area contributed by atoms with Crippen molar-refractivity contribution in [2.45, 2.75) is 25.6 Å². The molecule has 1 saturated carbocycles. The summed E-state index contributed by atoms with van der Waals surface area (Å²) in [5, 5.41) is 2.75. The number of hydrogen-bond acceptors (Lipinski definition) is 1. The van der Waals surface area contributed by atoms with Crippen molar-refractivity contribution in [1.29, 1.82) is 0 Å². The van der Waals surface area contributed by atoms with Crippen LogP contribution in [0.25, 0.3) is 0 Å². The van der Waals surface area contributed by atoms with E-state index in [0.717, 1.165) is 0 Å². The Morgan fingerprint density at radius 2 is 2.08 bits per heavy atom. The molecule has 0 radical (unpaired) electrons. The first kappa shape index (κ1) is 9.24. The standard InChI is InChI=1S/C8H10F3NS/c1-3-2-4(13)12-7-5(3)6(7)8(9,10)11/h3,5-7H,2H2,1H3,(H,12,13). The number of nitrogens with one attached hydrogen (secondary N) is 1. The van der Waals surface area contributed by atoms with Crippen molar-refractivity contribution in [3.05, 3.63) is 0 Å². The van der Waals surface area contributed by atoms with Crippen LogP contribution in [0.2, 0.25) is 0 Å². The number of piperidine rings is 1. The molecule has 1 N–H and O–H groups in total. The zero-order valence-electron chi connectivity index (χ0n) is 7.06. The Morgan fingerprint density at radius 1 is 1.46 bits per heavy atom. The van der Waals surface area contributed by atoms with E-state index in [9.17, 15) is 13.2 Å². The third-order valence-electron chi connectivity index (χ3n) is 2.95. The summed E-state index contributed by atoms with van der Waals surface area (Å²) in [6, 6.07) is -0.434. The molecule has 0 aromatic carbocycles. The Morgan fingerprint density at radius 3 is 2.62 bits per heavy atom. The Balaban J connectivity index is 2.11. The molecule has 0 spiro atoms. The molecule has 0 amide bonds. The van der Waals surface area contributed by atoms with Crippen LogP contribution in [0, 0.1) is 17.8 Å². The van der Waals surface area contributed by atoms with E-state index in [1.807, 2.05) is 6.92 Å². The van der Waals surface area contributed by atoms with Crippen molar-refractivity contribution in [3.8, 4) is 0 Å². The van der Waals surface area contributed by atoms with E-state index in [0.29, 0.717) is 11.4 Å². The quantitative estimate of drug-likeness (QED) is 0.613. The minimum absolute atomic E-state index is 0.0744. The minimum Gasteiger partial charge on any atom is -0.376 e. The Kier molecular flexibility index (Phi) is 1.84. The molecule has 13 heavy (non-hydrogen) atoms. The molecule has 0 aromatic rings. The highest BCUT2D eigenvalue weighted by atomic mass is 32.1. The van der Waals surface area contributed by atoms with Crippen LogP contribution in [0.3, 0.4) is 0 Å². The second-order valence-electron chi connectivity index (χ2n) is 3.92. The van der Waals surface area contributed by atoms with Crippen molar-refractivity contribution in [2.24, 2.45) is 17.8 Å². The minimum atomic E-state index is -4.06. The molecule has 1 saturated heterocycles. The smallest absolute Gasteiger partial charge is 0.376 e. The van der Waals surface area contributed by atoms with Crippen LogP contribution in [-0.2, 0) is 0 Å². The van der Waals surface area contributed by atoms with Gasteiger partial charge in [-0.15, -0.1) is 0 Å². The van der Waals surface area contributed by atoms with E-state index < -0.39 is 18.1 Å². The van der Waals surface area contributed by atoms with Crippen molar-refractivity contribution >= 4 is 17.2 Å². The van der Waals surface area contributed by atoms with Crippen LogP contribution in [0.1, 0.15) is 13.3 Å². The summed E-state index contributed by atoms with van der Waals surface area (Å²) in [4.78, 5) is 0.584. The van der Waals surface area contributed by atoms with Gasteiger partial charge in [-0.25, -0.2) is 0 Å². The van der Waals surface area contributed by atoms with Gasteiger partial charge in [-0.05, 0) is 11.8 Å². The van der Waals surface area contributed by atoms with Crippen LogP contribution in [0.4, 0.5) is 13.2 Å². The van der Waals surface area contributed by atoms with E-state index in [4.69, 9.17) is 12.2 Å². The van der Waals surface area contributed by atoms with Gasteiger partial charge in [0.25, 0.3) is 0 Å². The van der Waals surface area contributed by atoms with Crippen molar-refractivity contribution in [1.82, 2.24) is 5.32 Å². The van der Waals surface area contributed by atoms with Gasteiger partial charge in [0.1, 0.15) is 0 Å². The van der Waals surface area contributed by atoms with Gasteiger partial charge in [-0.2, -0.15) is 13.2 Å². The predicted molar refractivity (Wildman–Crippen MR) is 46.3 cm³/mol. The van der Waals surface area contributed by atoms with E-state index in [-0.39, 0.29) is 11.8 Å². The lowest BCUT2D eigenvalue weighted by Gasteiger charge is -2.18. The molecule has 2 aliphatic rings. The summed E-state index contributed by atoms with van der Waals surface area (Å²) in [5.74, 6) is -1.33. The molecule has 0 aromatic heterocycles. The fourth-order valence-electron chi connectivity index (χ4n) is 2.32. The Bertz CT molecular complexity index is 250. The zero-order valence-corrected chi connectivity index (χ0v) is 7.88. The summed E-state index contributed by atoms with van der Waals surface area (Å²) in [5.41, 5.74) is 0. The maximum absolute atomic E-state index is 12.4. The third kappa shape index (κ3) is 1.43. The molecule has 4 unspecified atom stereocenters. The van der Waals surface area contributed by atoms with Gasteiger partial charge >= 0.3 is 6.18 Å². The molecule has 4 atom stereocenters. The average molecular weight is 209 g/mol. The first-order valence-corrected chi connectivity index (χ1v) is 4.68. The van der Waals surface area contributed by atoms with E-state index in [1.54, 1.807) is 0 Å². The molecule has 1 aliphatic carbocycles. The van der Waals surface area contributed by atoms with Gasteiger partial charge < -0.3 is 5.32 Å². The number of halogens is 3. The molecule has 2 fully saturated rings. The van der Waals surface area contributed by atoms with E-state index in [1.165, 1.54) is 0 Å². The van der Waals surface area contributed by atoms with Crippen LogP contribution >= 0.6 is 12.2 Å². The molecule has 2 rings (SSSR count). The zero-order chi connectivity index (χ0) is 9.80. The van der Waals surface area contributed by atoms with E-state index in [2.05, 4.69) is 5.32 Å². The summed E-state index contributed by atoms with van der Waals surface area (Å²) < 4.78 is 37.1. The second kappa shape index (κ2) is 2.59. The van der Waals surface area contributed by atoms with Gasteiger partial charge in [0.2, 0.25) is 0 Å². The number of alkyl halides is 3. The number of fused-ring (bicyclic) bond motifs is 1. The highest BCUT2D eigenvalue weighted by Gasteiger charge is 2.67. The maximum atomic E-state index is 12.4. The van der Waals surface area contributed by atoms with E-state index >= 15 is 0 Å². The number of thiocarbonyl (C=S) groups is 1. The lowest BCUT2D eigenvalue weighted by atomic mass is 9.98. The first-order valence-electron chi connectivity index (χ1n) is 4.27. The normalized spacial score (nSPS) is 43.8. The average Bonchev–Trinajstić information content (AvgIpc) is 2.58. The largest absolute Gasteiger partial charge is 0.394 e. The van der Waals surface area contributed by atoms with Crippen LogP contribution < -0.4 is 5.32 Å². The highest BCUT2D eigenvalue weighted by molar-refractivity contribution is 7.80. The molecule has 1 heterocycles. The van der Waals surface area contributed by atoms with Gasteiger partial charge in [0.15, 0.2) is 0 Å². The molecule has 5 heteroatoms. The van der Waals surface area contributed by atoms with Gasteiger partial charge in [0.05, 0.1) is 10.9 Å². The van der Waals surface area contributed by atoms with Gasteiger partial charge in [-0.3, -0.25) is 0 Å². The lowest BCUT2D eigenvalue weighted by molar-refractivity contribution is -0.153. The molecule has 1 aliphatic heterocycles. The van der Waals surface area contributed by atoms with Crippen molar-refractivity contribution in [2.75, 3.05) is 0 Å². The summed E-state index contributed by atoms with van der Waals surface area (Å²) >= 11 is 4.88. The van der Waals surface area contributed by atoms with Gasteiger partial charge in [0, 0.05) is 12.5 Å². The second-order valence-corrected chi connectivity index (χ2v) is 4.41. The predicted octanol–water partition coefficient (Wildman–Crippen LogP) is 2.12. The van der Waals surface area contributed by atoms with Crippen LogP contribution in [0.5, 0.6) is 0 Å². The molecule has 0 bridgehead atoms. The Hall–Kier alpha value is -0.320. The summed E-state index contributed by atoms with van der Waals surface area (Å²) in [6.45, 7) is 1.84. The Labute approximate surface area is 79.7 Å². The topological polar surface area (TPSA) is 12.0 Å². The van der Waals surface area contributed by atoms with Crippen molar-refractivity contribution in [3.63, 3.8) is 0 Å². The third-order valence-corrected chi connectivity index (χ3v) is 3.23. The lowest BCUT2D eigenvalue weighted by Crippen LogP contribution is -2.33. The molecular weight excluding hydrogens is 199 g/mol. The first-order chi connectivity index (χ1) is 5.91. The van der Waals surface area contributed by atoms with Gasteiger partial charge in [-0.1, -0.05) is 19.1 Å². The van der Waals surface area contributed by atoms with Crippen LogP contribution in [-0.4, -0.2) is 17.2 Å². The summed E-state index contributed by atoms with van der Waals surface area (Å²) in [6.07, 6.45) is -3.46. The van der Waals surface area contributed by atoms with Crippen LogP contribution in [0.15, 0.2) is 0 Å². The fourth-order valence-corrected chi connectivity index (χ4v) is 2.72.